The fourth-order valence-corrected chi connectivity index (χ4v) is 0.663. The predicted octanol–water partition coefficient (Wildman–Crippen LogP) is 1.58. The van der Waals surface area contributed by atoms with Crippen LogP contribution in [0.1, 0.15) is 6.42 Å². The summed E-state index contributed by atoms with van der Waals surface area (Å²) in [5, 5.41) is 0.430. The van der Waals surface area contributed by atoms with Gasteiger partial charge in [-0.1, -0.05) is 15.9 Å². The van der Waals surface area contributed by atoms with E-state index in [-0.39, 0.29) is 5.78 Å². The van der Waals surface area contributed by atoms with Gasteiger partial charge in [0.15, 0.2) is 0 Å². The number of carbonyl (C=O) groups is 1. The Morgan fingerprint density at radius 2 is 2.29 bits per heavy atom. The van der Waals surface area contributed by atoms with Crippen molar-refractivity contribution in [2.75, 3.05) is 11.2 Å². The fraction of sp³-hybridized carbons (Fsp3) is 0.750. The molecule has 0 aliphatic heterocycles. The second-order valence-electron chi connectivity index (χ2n) is 1.11. The lowest BCUT2D eigenvalue weighted by Crippen LogP contribution is -1.97. The molecule has 0 rings (SSSR count). The van der Waals surface area contributed by atoms with Crippen molar-refractivity contribution < 1.29 is 4.79 Å². The summed E-state index contributed by atoms with van der Waals surface area (Å²) >= 11 is 8.24. The summed E-state index contributed by atoms with van der Waals surface area (Å²) in [5.41, 5.74) is 0. The first-order chi connectivity index (χ1) is 3.31. The molecule has 1 nitrogen and oxygen atoms in total. The maximum absolute atomic E-state index is 10.3. The minimum absolute atomic E-state index is 0.162. The van der Waals surface area contributed by atoms with Crippen molar-refractivity contribution in [3.8, 4) is 0 Å². The van der Waals surface area contributed by atoms with Crippen molar-refractivity contribution in [3.05, 3.63) is 0 Å². The van der Waals surface area contributed by atoms with E-state index < -0.39 is 0 Å². The Balaban J connectivity index is 3.00. The second kappa shape index (κ2) is 4.60. The lowest BCUT2D eigenvalue weighted by molar-refractivity contribution is -0.116. The molecule has 7 heavy (non-hydrogen) atoms. The Morgan fingerprint density at radius 3 is 2.43 bits per heavy atom. The van der Waals surface area contributed by atoms with E-state index in [0.29, 0.717) is 17.6 Å². The highest BCUT2D eigenvalue weighted by atomic mass is 79.9. The summed E-state index contributed by atoms with van der Waals surface area (Å²) in [4.78, 5) is 10.3. The van der Waals surface area contributed by atoms with Crippen LogP contribution in [0.2, 0.25) is 0 Å². The molecule has 0 amide bonds. The molecule has 0 heterocycles. The van der Waals surface area contributed by atoms with Crippen molar-refractivity contribution in [1.29, 1.82) is 0 Å². The van der Waals surface area contributed by atoms with Gasteiger partial charge in [0, 0.05) is 12.3 Å². The third kappa shape index (κ3) is 4.29. The molecular weight excluding hydrogens is 179 g/mol. The van der Waals surface area contributed by atoms with Crippen LogP contribution in [-0.2, 0) is 4.79 Å². The monoisotopic (exact) mass is 184 g/mol. The average molecular weight is 185 g/mol. The molecule has 0 unspecified atom stereocenters. The van der Waals surface area contributed by atoms with Crippen molar-refractivity contribution >= 4 is 33.3 Å². The van der Waals surface area contributed by atoms with Crippen LogP contribution in [0.3, 0.4) is 0 Å². The van der Waals surface area contributed by atoms with Gasteiger partial charge in [-0.3, -0.25) is 4.79 Å². The number of hydrogen-bond acceptors (Lipinski definition) is 1. The minimum Gasteiger partial charge on any atom is -0.299 e. The zero-order valence-corrected chi connectivity index (χ0v) is 6.13. The molecule has 0 fully saturated rings. The van der Waals surface area contributed by atoms with E-state index >= 15 is 0 Å². The van der Waals surface area contributed by atoms with Gasteiger partial charge in [-0.25, -0.2) is 0 Å². The Morgan fingerprint density at radius 1 is 1.71 bits per heavy atom. The Labute approximate surface area is 56.2 Å². The highest BCUT2D eigenvalue weighted by molar-refractivity contribution is 9.09. The van der Waals surface area contributed by atoms with E-state index in [1.54, 1.807) is 0 Å². The lowest BCUT2D eigenvalue weighted by Gasteiger charge is -1.84. The van der Waals surface area contributed by atoms with Crippen LogP contribution in [0.25, 0.3) is 0 Å². The lowest BCUT2D eigenvalue weighted by atomic mass is 10.4. The molecule has 0 aliphatic carbocycles. The standard InChI is InChI=1S/C4H6BrClO/c5-3-4(7)1-2-6/h1-3H2. The van der Waals surface area contributed by atoms with Gasteiger partial charge < -0.3 is 0 Å². The van der Waals surface area contributed by atoms with Crippen LogP contribution in [0.15, 0.2) is 0 Å². The minimum atomic E-state index is 0.162. The van der Waals surface area contributed by atoms with Crippen LogP contribution in [0.5, 0.6) is 0 Å². The van der Waals surface area contributed by atoms with Gasteiger partial charge >= 0.3 is 0 Å². The zero-order valence-electron chi connectivity index (χ0n) is 3.79. The molecule has 0 aliphatic rings. The van der Waals surface area contributed by atoms with Crippen LogP contribution >= 0.6 is 27.5 Å². The maximum atomic E-state index is 10.3. The summed E-state index contributed by atoms with van der Waals surface area (Å²) in [5.74, 6) is 0.597. The largest absolute Gasteiger partial charge is 0.299 e. The molecule has 0 spiro atoms. The molecule has 3 heteroatoms. The van der Waals surface area contributed by atoms with Gasteiger partial charge in [-0.05, 0) is 0 Å². The molecule has 0 N–H and O–H groups in total. The topological polar surface area (TPSA) is 17.1 Å². The van der Waals surface area contributed by atoms with E-state index in [0.717, 1.165) is 0 Å². The van der Waals surface area contributed by atoms with E-state index in [4.69, 9.17) is 11.6 Å². The molecule has 0 bridgehead atoms. The van der Waals surface area contributed by atoms with E-state index in [9.17, 15) is 4.79 Å². The number of hydrogen-bond donors (Lipinski definition) is 0. The van der Waals surface area contributed by atoms with Gasteiger partial charge in [-0.15, -0.1) is 11.6 Å². The van der Waals surface area contributed by atoms with Crippen molar-refractivity contribution in [2.24, 2.45) is 0 Å². The summed E-state index contributed by atoms with van der Waals surface area (Å²) in [6.07, 6.45) is 0.479. The van der Waals surface area contributed by atoms with Crippen molar-refractivity contribution in [2.45, 2.75) is 6.42 Å². The molecule has 0 aromatic rings. The highest BCUT2D eigenvalue weighted by Gasteiger charge is 1.93. The number of rotatable bonds is 3. The van der Waals surface area contributed by atoms with Gasteiger partial charge in [-0.2, -0.15) is 0 Å². The molecule has 0 saturated heterocycles. The summed E-state index contributed by atoms with van der Waals surface area (Å²) < 4.78 is 0. The normalized spacial score (nSPS) is 8.86. The van der Waals surface area contributed by atoms with Crippen LogP contribution in [0, 0.1) is 0 Å². The van der Waals surface area contributed by atoms with Crippen molar-refractivity contribution in [1.82, 2.24) is 0 Å². The number of halogens is 2. The van der Waals surface area contributed by atoms with Gasteiger partial charge in [0.2, 0.25) is 0 Å². The molecule has 0 atom stereocenters. The Hall–Kier alpha value is 0.440. The van der Waals surface area contributed by atoms with Gasteiger partial charge in [0.1, 0.15) is 5.78 Å². The zero-order chi connectivity index (χ0) is 5.70. The average Bonchev–Trinajstić information content (AvgIpc) is 1.68. The maximum Gasteiger partial charge on any atom is 0.144 e. The first-order valence-corrected chi connectivity index (χ1v) is 3.60. The first kappa shape index (κ1) is 7.44. The van der Waals surface area contributed by atoms with Crippen LogP contribution in [0.4, 0.5) is 0 Å². The number of ketones is 1. The molecular formula is C4H6BrClO. The van der Waals surface area contributed by atoms with E-state index in [2.05, 4.69) is 15.9 Å². The number of Topliss-reactive ketones (excluding diaryl/α,β-unsaturated/α-hetero) is 1. The van der Waals surface area contributed by atoms with Gasteiger partial charge in [0.05, 0.1) is 5.33 Å². The van der Waals surface area contributed by atoms with E-state index in [1.807, 2.05) is 0 Å². The number of alkyl halides is 2. The SMILES string of the molecule is O=C(CBr)CCCl. The number of carbonyl (C=O) groups excluding carboxylic acids is 1. The second-order valence-corrected chi connectivity index (χ2v) is 2.05. The van der Waals surface area contributed by atoms with Crippen LogP contribution < -0.4 is 0 Å². The van der Waals surface area contributed by atoms with Crippen LogP contribution in [-0.4, -0.2) is 17.0 Å². The third-order valence-electron chi connectivity index (χ3n) is 0.522. The molecule has 0 aromatic carbocycles. The van der Waals surface area contributed by atoms with Gasteiger partial charge in [0.25, 0.3) is 0 Å². The molecule has 0 aromatic heterocycles. The quantitative estimate of drug-likeness (QED) is 0.610. The summed E-state index contributed by atoms with van der Waals surface area (Å²) in [6.45, 7) is 0. The molecule has 0 radical (unpaired) electrons. The first-order valence-electron chi connectivity index (χ1n) is 1.95. The molecule has 0 saturated carbocycles. The summed E-state index contributed by atoms with van der Waals surface area (Å²) in [7, 11) is 0. The Bertz CT molecular complexity index is 64.7. The van der Waals surface area contributed by atoms with E-state index in [1.165, 1.54) is 0 Å². The third-order valence-corrected chi connectivity index (χ3v) is 1.34. The highest BCUT2D eigenvalue weighted by Crippen LogP contribution is 1.90. The molecule has 42 valence electrons. The summed E-state index contributed by atoms with van der Waals surface area (Å²) in [6, 6.07) is 0. The smallest absolute Gasteiger partial charge is 0.144 e. The Kier molecular flexibility index (Phi) is 4.88. The fourth-order valence-electron chi connectivity index (χ4n) is 0.172. The van der Waals surface area contributed by atoms with Crippen molar-refractivity contribution in [3.63, 3.8) is 0 Å². The predicted molar refractivity (Wildman–Crippen MR) is 34.1 cm³/mol.